The molecule has 0 saturated heterocycles. The highest BCUT2D eigenvalue weighted by atomic mass is 35.5. The number of nitrogens with two attached hydrogens (primary N) is 1. The standard InChI is InChI=1S/C19H18Cl2N4O4/c1-27-12-7-11(14(20)16(29-3)15(12)28-2)9-25-8-10(5-4-6-26)13-17(21)23-19(22)24-18(13)25/h7-8,26H,6,9H2,1-3H3,(H2,22,23,24). The van der Waals surface area contributed by atoms with Crippen molar-refractivity contribution >= 4 is 40.2 Å². The minimum Gasteiger partial charge on any atom is -0.493 e. The molecule has 3 N–H and O–H groups in total. The first-order valence-electron chi connectivity index (χ1n) is 8.34. The highest BCUT2D eigenvalue weighted by molar-refractivity contribution is 6.34. The van der Waals surface area contributed by atoms with Gasteiger partial charge in [-0.1, -0.05) is 35.0 Å². The number of aromatic nitrogens is 3. The number of methoxy groups -OCH3 is 3. The Bertz CT molecular complexity index is 1140. The predicted molar refractivity (Wildman–Crippen MR) is 111 cm³/mol. The van der Waals surface area contributed by atoms with Crippen LogP contribution >= 0.6 is 23.2 Å². The smallest absolute Gasteiger partial charge is 0.223 e. The fourth-order valence-electron chi connectivity index (χ4n) is 2.98. The van der Waals surface area contributed by atoms with Crippen LogP contribution in [0.25, 0.3) is 11.0 Å². The van der Waals surface area contributed by atoms with Crippen molar-refractivity contribution in [2.75, 3.05) is 33.7 Å². The molecule has 0 spiro atoms. The highest BCUT2D eigenvalue weighted by Gasteiger charge is 2.21. The Morgan fingerprint density at radius 1 is 1.14 bits per heavy atom. The molecule has 1 aromatic carbocycles. The number of aliphatic hydroxyl groups excluding tert-OH is 1. The molecule has 8 nitrogen and oxygen atoms in total. The summed E-state index contributed by atoms with van der Waals surface area (Å²) in [5, 5.41) is 10.1. The van der Waals surface area contributed by atoms with E-state index in [0.717, 1.165) is 0 Å². The summed E-state index contributed by atoms with van der Waals surface area (Å²) < 4.78 is 18.0. The Kier molecular flexibility index (Phi) is 6.23. The molecule has 0 aliphatic rings. The van der Waals surface area contributed by atoms with Crippen molar-refractivity contribution in [2.45, 2.75) is 6.54 Å². The van der Waals surface area contributed by atoms with Gasteiger partial charge in [-0.2, -0.15) is 4.98 Å². The van der Waals surface area contributed by atoms with Gasteiger partial charge in [0.25, 0.3) is 0 Å². The quantitative estimate of drug-likeness (QED) is 0.467. The molecular weight excluding hydrogens is 419 g/mol. The Balaban J connectivity index is 2.21. The fraction of sp³-hybridized carbons (Fsp3) is 0.263. The van der Waals surface area contributed by atoms with Crippen molar-refractivity contribution < 1.29 is 19.3 Å². The lowest BCUT2D eigenvalue weighted by Gasteiger charge is -2.17. The van der Waals surface area contributed by atoms with E-state index in [-0.39, 0.29) is 17.7 Å². The fourth-order valence-corrected chi connectivity index (χ4v) is 3.53. The molecule has 0 atom stereocenters. The van der Waals surface area contributed by atoms with Gasteiger partial charge < -0.3 is 29.6 Å². The van der Waals surface area contributed by atoms with Crippen LogP contribution in [0.2, 0.25) is 10.2 Å². The number of fused-ring (bicyclic) bond motifs is 1. The molecule has 0 amide bonds. The molecule has 152 valence electrons. The molecule has 0 saturated carbocycles. The second-order valence-corrected chi connectivity index (χ2v) is 6.56. The minimum atomic E-state index is -0.293. The van der Waals surface area contributed by atoms with Crippen LogP contribution in [0.4, 0.5) is 5.95 Å². The van der Waals surface area contributed by atoms with Crippen LogP contribution in [0.3, 0.4) is 0 Å². The lowest BCUT2D eigenvalue weighted by molar-refractivity contribution is 0.324. The maximum atomic E-state index is 9.03. The number of benzene rings is 1. The molecule has 0 aliphatic heterocycles. The maximum Gasteiger partial charge on any atom is 0.223 e. The average Bonchev–Trinajstić information content (AvgIpc) is 3.04. The molecule has 29 heavy (non-hydrogen) atoms. The zero-order chi connectivity index (χ0) is 21.1. The number of rotatable bonds is 5. The Hall–Kier alpha value is -2.86. The van der Waals surface area contributed by atoms with Crippen LogP contribution in [0.15, 0.2) is 12.3 Å². The van der Waals surface area contributed by atoms with E-state index in [9.17, 15) is 0 Å². The van der Waals surface area contributed by atoms with Gasteiger partial charge in [0.2, 0.25) is 11.7 Å². The van der Waals surface area contributed by atoms with Crippen LogP contribution in [-0.2, 0) is 6.54 Å². The Morgan fingerprint density at radius 2 is 1.86 bits per heavy atom. The van der Waals surface area contributed by atoms with Crippen molar-refractivity contribution in [3.63, 3.8) is 0 Å². The van der Waals surface area contributed by atoms with E-state index in [0.29, 0.717) is 51.0 Å². The zero-order valence-electron chi connectivity index (χ0n) is 15.9. The van der Waals surface area contributed by atoms with E-state index in [2.05, 4.69) is 21.8 Å². The number of ether oxygens (including phenoxy) is 3. The zero-order valence-corrected chi connectivity index (χ0v) is 17.4. The van der Waals surface area contributed by atoms with Crippen molar-refractivity contribution in [3.8, 4) is 29.1 Å². The summed E-state index contributed by atoms with van der Waals surface area (Å²) in [7, 11) is 4.52. The molecule has 2 heterocycles. The van der Waals surface area contributed by atoms with Crippen LogP contribution in [0.5, 0.6) is 17.2 Å². The molecule has 0 bridgehead atoms. The summed E-state index contributed by atoms with van der Waals surface area (Å²) in [4.78, 5) is 8.29. The summed E-state index contributed by atoms with van der Waals surface area (Å²) in [5.41, 5.74) is 7.50. The van der Waals surface area contributed by atoms with Gasteiger partial charge in [0.15, 0.2) is 11.5 Å². The molecule has 3 rings (SSSR count). The van der Waals surface area contributed by atoms with Crippen molar-refractivity contribution in [2.24, 2.45) is 0 Å². The summed E-state index contributed by atoms with van der Waals surface area (Å²) >= 11 is 12.8. The van der Waals surface area contributed by atoms with E-state index in [1.165, 1.54) is 21.3 Å². The molecular formula is C19H18Cl2N4O4. The summed E-state index contributed by atoms with van der Waals surface area (Å²) in [6, 6.07) is 1.75. The van der Waals surface area contributed by atoms with Crippen LogP contribution in [-0.4, -0.2) is 47.6 Å². The molecule has 2 aromatic heterocycles. The first-order valence-corrected chi connectivity index (χ1v) is 9.09. The molecule has 0 fully saturated rings. The average molecular weight is 437 g/mol. The third-order valence-corrected chi connectivity index (χ3v) is 4.86. The second kappa shape index (κ2) is 8.66. The lowest BCUT2D eigenvalue weighted by Crippen LogP contribution is -2.05. The Morgan fingerprint density at radius 3 is 2.48 bits per heavy atom. The Labute approximate surface area is 177 Å². The molecule has 0 radical (unpaired) electrons. The van der Waals surface area contributed by atoms with Gasteiger partial charge in [-0.25, -0.2) is 4.98 Å². The van der Waals surface area contributed by atoms with E-state index in [4.69, 9.17) is 48.3 Å². The number of aliphatic hydroxyl groups is 1. The number of nitrogen functional groups attached to an aromatic ring is 1. The first-order chi connectivity index (χ1) is 13.9. The van der Waals surface area contributed by atoms with Gasteiger partial charge in [-0.3, -0.25) is 0 Å². The molecule has 0 unspecified atom stereocenters. The van der Waals surface area contributed by atoms with E-state index >= 15 is 0 Å². The largest absolute Gasteiger partial charge is 0.493 e. The predicted octanol–water partition coefficient (Wildman–Crippen LogP) is 2.74. The maximum absolute atomic E-state index is 9.03. The van der Waals surface area contributed by atoms with Gasteiger partial charge in [0.1, 0.15) is 17.4 Å². The van der Waals surface area contributed by atoms with Gasteiger partial charge in [-0.05, 0) is 11.6 Å². The van der Waals surface area contributed by atoms with Gasteiger partial charge >= 0.3 is 0 Å². The van der Waals surface area contributed by atoms with Crippen LogP contribution in [0, 0.1) is 11.8 Å². The summed E-state index contributed by atoms with van der Waals surface area (Å²) in [6.07, 6.45) is 1.74. The third-order valence-electron chi connectivity index (χ3n) is 4.18. The second-order valence-electron chi connectivity index (χ2n) is 5.82. The normalized spacial score (nSPS) is 10.6. The summed E-state index contributed by atoms with van der Waals surface area (Å²) in [6.45, 7) is -0.00153. The van der Waals surface area contributed by atoms with E-state index in [1.54, 1.807) is 16.8 Å². The lowest BCUT2D eigenvalue weighted by atomic mass is 10.1. The number of halogens is 2. The van der Waals surface area contributed by atoms with Crippen LogP contribution < -0.4 is 19.9 Å². The van der Waals surface area contributed by atoms with E-state index < -0.39 is 0 Å². The van der Waals surface area contributed by atoms with Gasteiger partial charge in [0, 0.05) is 6.20 Å². The monoisotopic (exact) mass is 436 g/mol. The first kappa shape index (κ1) is 20.9. The van der Waals surface area contributed by atoms with Gasteiger partial charge in [0.05, 0.1) is 43.8 Å². The molecule has 3 aromatic rings. The number of hydrogen-bond acceptors (Lipinski definition) is 7. The minimum absolute atomic E-state index is 0.0273. The van der Waals surface area contributed by atoms with Crippen molar-refractivity contribution in [1.82, 2.24) is 14.5 Å². The SMILES string of the molecule is COc1cc(Cn2cc(C#CCO)c3c(Cl)nc(N)nc32)c(Cl)c(OC)c1OC. The van der Waals surface area contributed by atoms with Gasteiger partial charge in [-0.15, -0.1) is 0 Å². The number of anilines is 1. The van der Waals surface area contributed by atoms with Crippen molar-refractivity contribution in [1.29, 1.82) is 0 Å². The number of nitrogens with zero attached hydrogens (tertiary/aromatic N) is 3. The molecule has 0 aliphatic carbocycles. The van der Waals surface area contributed by atoms with Crippen molar-refractivity contribution in [3.05, 3.63) is 33.6 Å². The highest BCUT2D eigenvalue weighted by Crippen LogP contribution is 2.45. The topological polar surface area (TPSA) is 105 Å². The number of hydrogen-bond donors (Lipinski definition) is 2. The summed E-state index contributed by atoms with van der Waals surface area (Å²) in [5.74, 6) is 6.70. The van der Waals surface area contributed by atoms with E-state index in [1.807, 2.05) is 0 Å². The molecule has 10 heteroatoms. The third kappa shape index (κ3) is 3.85. The van der Waals surface area contributed by atoms with Crippen LogP contribution in [0.1, 0.15) is 11.1 Å².